The summed E-state index contributed by atoms with van der Waals surface area (Å²) < 4.78 is 53.0. The fourth-order valence-electron chi connectivity index (χ4n) is 1.73. The van der Waals surface area contributed by atoms with Crippen molar-refractivity contribution in [3.05, 3.63) is 24.3 Å². The monoisotopic (exact) mass is 337 g/mol. The largest absolute Gasteiger partial charge is 0.768 e. The van der Waals surface area contributed by atoms with E-state index in [1.165, 1.54) is 35.6 Å². The zero-order valence-corrected chi connectivity index (χ0v) is 13.0. The molecule has 2 N–H and O–H groups in total. The van der Waals surface area contributed by atoms with Crippen LogP contribution in [0.3, 0.4) is 0 Å². The standard InChI is InChI=1S/C10H13NO5S2.CH5NO/c12-17(13)9-3-1-2-4-10(9)18(14,15)11-5-7-16-8-6-11;1-2-3/h1-4H,5-8H2,(H,12,13);2-3H,1H3/p-1. The predicted molar refractivity (Wildman–Crippen MR) is 74.1 cm³/mol. The summed E-state index contributed by atoms with van der Waals surface area (Å²) in [4.78, 5) is -0.385. The Morgan fingerprint density at radius 3 is 2.38 bits per heavy atom. The van der Waals surface area contributed by atoms with Gasteiger partial charge in [-0.2, -0.15) is 4.31 Å². The van der Waals surface area contributed by atoms with Gasteiger partial charge in [-0.25, -0.2) is 13.9 Å². The van der Waals surface area contributed by atoms with Crippen LogP contribution in [0.1, 0.15) is 0 Å². The minimum Gasteiger partial charge on any atom is -0.768 e. The molecule has 0 aliphatic carbocycles. The van der Waals surface area contributed by atoms with Crippen molar-refractivity contribution in [3.63, 3.8) is 0 Å². The predicted octanol–water partition coefficient (Wildman–Crippen LogP) is -0.459. The molecule has 1 aliphatic rings. The molecule has 120 valence electrons. The van der Waals surface area contributed by atoms with E-state index in [0.29, 0.717) is 13.2 Å². The molecular weight excluding hydrogens is 320 g/mol. The minimum absolute atomic E-state index is 0.180. The molecule has 1 fully saturated rings. The number of nitrogens with zero attached hydrogens (tertiary/aromatic N) is 1. The molecule has 2 rings (SSSR count). The van der Waals surface area contributed by atoms with Gasteiger partial charge in [0, 0.05) is 25.0 Å². The SMILES string of the molecule is CNO.O=S([O-])c1ccccc1S(=O)(=O)N1CCOCC1. The van der Waals surface area contributed by atoms with Crippen molar-refractivity contribution in [2.24, 2.45) is 0 Å². The molecule has 0 bridgehead atoms. The molecule has 1 atom stereocenters. The van der Waals surface area contributed by atoms with Gasteiger partial charge in [0.25, 0.3) is 0 Å². The first-order valence-electron chi connectivity index (χ1n) is 6.02. The van der Waals surface area contributed by atoms with Crippen molar-refractivity contribution in [3.8, 4) is 0 Å². The van der Waals surface area contributed by atoms with Crippen LogP contribution in [0.2, 0.25) is 0 Å². The third-order valence-corrected chi connectivity index (χ3v) is 5.42. The topological polar surface area (TPSA) is 119 Å². The van der Waals surface area contributed by atoms with Crippen LogP contribution in [0.25, 0.3) is 0 Å². The van der Waals surface area contributed by atoms with E-state index in [9.17, 15) is 17.2 Å². The van der Waals surface area contributed by atoms with Crippen LogP contribution < -0.4 is 5.48 Å². The Hall–Kier alpha value is -0.880. The summed E-state index contributed by atoms with van der Waals surface area (Å²) in [7, 11) is -2.35. The molecule has 0 amide bonds. The van der Waals surface area contributed by atoms with E-state index >= 15 is 0 Å². The molecule has 8 nitrogen and oxygen atoms in total. The molecule has 21 heavy (non-hydrogen) atoms. The van der Waals surface area contributed by atoms with Crippen molar-refractivity contribution in [2.75, 3.05) is 33.4 Å². The van der Waals surface area contributed by atoms with Crippen LogP contribution in [-0.2, 0) is 25.8 Å². The van der Waals surface area contributed by atoms with Gasteiger partial charge in [0.1, 0.15) is 0 Å². The van der Waals surface area contributed by atoms with Crippen LogP contribution >= 0.6 is 0 Å². The Kier molecular flexibility index (Phi) is 7.39. The highest BCUT2D eigenvalue weighted by Crippen LogP contribution is 2.22. The Labute approximate surface area is 126 Å². The van der Waals surface area contributed by atoms with Crippen LogP contribution in [0.5, 0.6) is 0 Å². The fourth-order valence-corrected chi connectivity index (χ4v) is 4.15. The molecule has 1 saturated heterocycles. The molecule has 1 aromatic rings. The van der Waals surface area contributed by atoms with Gasteiger partial charge >= 0.3 is 0 Å². The number of rotatable bonds is 3. The van der Waals surface area contributed by atoms with E-state index < -0.39 is 21.1 Å². The maximum absolute atomic E-state index is 12.3. The van der Waals surface area contributed by atoms with Crippen LogP contribution in [0, 0.1) is 0 Å². The Balaban J connectivity index is 0.000000677. The highest BCUT2D eigenvalue weighted by molar-refractivity contribution is 7.90. The van der Waals surface area contributed by atoms with Crippen molar-refractivity contribution >= 4 is 21.1 Å². The smallest absolute Gasteiger partial charge is 0.244 e. The van der Waals surface area contributed by atoms with Crippen molar-refractivity contribution in [2.45, 2.75) is 9.79 Å². The highest BCUT2D eigenvalue weighted by Gasteiger charge is 2.28. The van der Waals surface area contributed by atoms with E-state index in [1.807, 2.05) is 0 Å². The Bertz CT molecular complexity index is 572. The summed E-state index contributed by atoms with van der Waals surface area (Å²) in [5.41, 5.74) is 1.75. The number of hydroxylamine groups is 1. The van der Waals surface area contributed by atoms with Gasteiger partial charge in [0.05, 0.1) is 18.1 Å². The van der Waals surface area contributed by atoms with E-state index in [4.69, 9.17) is 9.94 Å². The lowest BCUT2D eigenvalue weighted by atomic mass is 10.4. The first kappa shape index (κ1) is 18.2. The van der Waals surface area contributed by atoms with Gasteiger partial charge in [0.15, 0.2) is 0 Å². The average molecular weight is 337 g/mol. The summed E-state index contributed by atoms with van der Waals surface area (Å²) in [5, 5.41) is 7.32. The number of ether oxygens (including phenoxy) is 1. The third kappa shape index (κ3) is 4.81. The highest BCUT2D eigenvalue weighted by atomic mass is 32.2. The molecule has 0 saturated carbocycles. The van der Waals surface area contributed by atoms with E-state index in [2.05, 4.69) is 0 Å². The molecule has 0 aromatic heterocycles. The lowest BCUT2D eigenvalue weighted by molar-refractivity contribution is 0.0729. The van der Waals surface area contributed by atoms with Gasteiger partial charge in [-0.05, 0) is 23.2 Å². The minimum atomic E-state index is -3.78. The van der Waals surface area contributed by atoms with E-state index in [-0.39, 0.29) is 22.9 Å². The van der Waals surface area contributed by atoms with Crippen molar-refractivity contribution < 1.29 is 27.1 Å². The summed E-state index contributed by atoms with van der Waals surface area (Å²) in [6, 6.07) is 5.57. The average Bonchev–Trinajstić information content (AvgIpc) is 2.49. The fraction of sp³-hybridized carbons (Fsp3) is 0.455. The lowest BCUT2D eigenvalue weighted by Crippen LogP contribution is -2.40. The van der Waals surface area contributed by atoms with Crippen LogP contribution in [0.4, 0.5) is 0 Å². The van der Waals surface area contributed by atoms with Crippen molar-refractivity contribution in [1.29, 1.82) is 0 Å². The first-order chi connectivity index (χ1) is 9.95. The second-order valence-electron chi connectivity index (χ2n) is 3.92. The van der Waals surface area contributed by atoms with E-state index in [0.717, 1.165) is 0 Å². The molecule has 10 heteroatoms. The van der Waals surface area contributed by atoms with Gasteiger partial charge in [-0.1, -0.05) is 12.1 Å². The molecule has 0 spiro atoms. The summed E-state index contributed by atoms with van der Waals surface area (Å²) in [6.07, 6.45) is 0. The second-order valence-corrected chi connectivity index (χ2v) is 6.74. The number of hydrogen-bond donors (Lipinski definition) is 2. The zero-order valence-electron chi connectivity index (χ0n) is 11.4. The van der Waals surface area contributed by atoms with Crippen LogP contribution in [0.15, 0.2) is 34.1 Å². The van der Waals surface area contributed by atoms with Crippen LogP contribution in [-0.4, -0.2) is 60.0 Å². The number of nitrogens with one attached hydrogen (secondary N) is 1. The second kappa shape index (κ2) is 8.54. The normalized spacial score (nSPS) is 17.7. The van der Waals surface area contributed by atoms with E-state index in [1.54, 1.807) is 5.48 Å². The van der Waals surface area contributed by atoms with Crippen molar-refractivity contribution in [1.82, 2.24) is 9.79 Å². The van der Waals surface area contributed by atoms with Gasteiger partial charge in [-0.15, -0.1) is 0 Å². The molecular formula is C11H17N2O6S2-. The van der Waals surface area contributed by atoms with Gasteiger partial charge in [-0.3, -0.25) is 4.21 Å². The maximum atomic E-state index is 12.3. The summed E-state index contributed by atoms with van der Waals surface area (Å²) in [6.45, 7) is 1.12. The molecule has 1 aliphatic heterocycles. The summed E-state index contributed by atoms with van der Waals surface area (Å²) >= 11 is -2.58. The number of sulfonamides is 1. The molecule has 0 radical (unpaired) electrons. The number of hydrogen-bond acceptors (Lipinski definition) is 7. The number of benzene rings is 1. The first-order valence-corrected chi connectivity index (χ1v) is 8.53. The van der Waals surface area contributed by atoms with Gasteiger partial charge in [0.2, 0.25) is 10.0 Å². The molecule has 1 heterocycles. The molecule has 1 unspecified atom stereocenters. The molecule has 1 aromatic carbocycles. The number of morpholine rings is 1. The zero-order chi connectivity index (χ0) is 15.9. The Morgan fingerprint density at radius 1 is 1.33 bits per heavy atom. The lowest BCUT2D eigenvalue weighted by Gasteiger charge is -2.27. The third-order valence-electron chi connectivity index (χ3n) is 2.62. The summed E-state index contributed by atoms with van der Waals surface area (Å²) in [5.74, 6) is 0. The Morgan fingerprint density at radius 2 is 1.86 bits per heavy atom. The quantitative estimate of drug-likeness (QED) is 0.566. The van der Waals surface area contributed by atoms with Gasteiger partial charge < -0.3 is 14.5 Å². The maximum Gasteiger partial charge on any atom is 0.244 e.